The Labute approximate surface area is 195 Å². The van der Waals surface area contributed by atoms with Crippen LogP contribution in [0.25, 0.3) is 21.9 Å². The normalized spacial score (nSPS) is 13.6. The monoisotopic (exact) mass is 513 g/mol. The van der Waals surface area contributed by atoms with Crippen LogP contribution < -0.4 is 10.0 Å². The fourth-order valence-corrected chi connectivity index (χ4v) is 5.39. The number of alkyl halides is 3. The summed E-state index contributed by atoms with van der Waals surface area (Å²) >= 11 is 0.807. The number of carboxylic acid groups (broad SMARTS) is 1. The number of aromatic nitrogens is 1. The molecule has 0 radical (unpaired) electrons. The Bertz CT molecular complexity index is 1490. The molecular weight excluding hydrogens is 495 g/mol. The predicted molar refractivity (Wildman–Crippen MR) is 121 cm³/mol. The van der Waals surface area contributed by atoms with Crippen LogP contribution in [-0.2, 0) is 21.0 Å². The largest absolute Gasteiger partial charge is 0.480 e. The molecule has 2 aromatic heterocycles. The Morgan fingerprint density at radius 3 is 2.47 bits per heavy atom. The summed E-state index contributed by atoms with van der Waals surface area (Å²) in [4.78, 5) is 14.8. The molecule has 0 aliphatic rings. The molecule has 4 rings (SSSR count). The summed E-state index contributed by atoms with van der Waals surface area (Å²) in [5.41, 5.74) is 0.208. The van der Waals surface area contributed by atoms with E-state index in [1.54, 1.807) is 32.0 Å². The van der Waals surface area contributed by atoms with E-state index in [1.165, 1.54) is 18.2 Å². The number of rotatable bonds is 7. The number of aliphatic carboxylic acids is 1. The number of hydrogen-bond acceptors (Lipinski definition) is 7. The number of carbonyl (C=O) groups is 1. The molecule has 0 amide bonds. The molecular formula is C21H18F3N3O5S2. The lowest BCUT2D eigenvalue weighted by atomic mass is 10.1. The molecule has 0 spiro atoms. The minimum Gasteiger partial charge on any atom is -0.480 e. The summed E-state index contributed by atoms with van der Waals surface area (Å²) in [6.45, 7) is 3.19. The van der Waals surface area contributed by atoms with Crippen molar-refractivity contribution in [1.82, 2.24) is 9.71 Å². The van der Waals surface area contributed by atoms with Crippen LogP contribution in [0.15, 0.2) is 51.1 Å². The highest BCUT2D eigenvalue weighted by atomic mass is 32.2. The average molecular weight is 514 g/mol. The highest BCUT2D eigenvalue weighted by Crippen LogP contribution is 2.35. The third-order valence-electron chi connectivity index (χ3n) is 5.01. The maximum absolute atomic E-state index is 12.8. The first-order chi connectivity index (χ1) is 15.8. The van der Waals surface area contributed by atoms with Gasteiger partial charge in [-0.3, -0.25) is 4.79 Å². The van der Waals surface area contributed by atoms with Crippen LogP contribution >= 0.6 is 11.3 Å². The molecule has 0 aliphatic carbocycles. The molecule has 1 unspecified atom stereocenters. The van der Waals surface area contributed by atoms with Crippen LogP contribution in [0, 0.1) is 5.92 Å². The van der Waals surface area contributed by atoms with Crippen LogP contribution in [0.4, 0.5) is 24.0 Å². The number of thiazole rings is 1. The maximum Gasteiger partial charge on any atom is 0.434 e. The number of nitrogens with one attached hydrogen (secondary N) is 2. The van der Waals surface area contributed by atoms with Crippen molar-refractivity contribution in [3.8, 4) is 0 Å². The van der Waals surface area contributed by atoms with E-state index in [-0.39, 0.29) is 10.0 Å². The topological polar surface area (TPSA) is 122 Å². The van der Waals surface area contributed by atoms with Gasteiger partial charge in [-0.05, 0) is 36.2 Å². The lowest BCUT2D eigenvalue weighted by Gasteiger charge is -2.17. The fourth-order valence-electron chi connectivity index (χ4n) is 3.29. The second-order valence-electron chi connectivity index (χ2n) is 7.81. The molecule has 1 atom stereocenters. The SMILES string of the molecule is CC(C)C(NS(=O)(=O)c1ccc2oc3cc(Nc4nc(C(F)(F)F)cs4)ccc3c2c1)C(=O)O. The number of anilines is 2. The van der Waals surface area contributed by atoms with E-state index in [2.05, 4.69) is 15.0 Å². The second-order valence-corrected chi connectivity index (χ2v) is 10.4. The number of benzene rings is 2. The number of fused-ring (bicyclic) bond motifs is 3. The third-order valence-corrected chi connectivity index (χ3v) is 7.21. The molecule has 0 bridgehead atoms. The quantitative estimate of drug-likeness (QED) is 0.311. The van der Waals surface area contributed by atoms with Gasteiger partial charge in [0.15, 0.2) is 10.8 Å². The van der Waals surface area contributed by atoms with Crippen molar-refractivity contribution in [2.45, 2.75) is 31.0 Å². The van der Waals surface area contributed by atoms with Gasteiger partial charge in [-0.1, -0.05) is 13.8 Å². The molecule has 2 heterocycles. The van der Waals surface area contributed by atoms with Gasteiger partial charge in [-0.15, -0.1) is 11.3 Å². The summed E-state index contributed by atoms with van der Waals surface area (Å²) in [6.07, 6.45) is -4.54. The van der Waals surface area contributed by atoms with Crippen LogP contribution in [0.5, 0.6) is 0 Å². The summed E-state index contributed by atoms with van der Waals surface area (Å²) < 4.78 is 71.8. The van der Waals surface area contributed by atoms with Gasteiger partial charge in [0, 0.05) is 27.9 Å². The number of carboxylic acids is 1. The fraction of sp³-hybridized carbons (Fsp3) is 0.238. The van der Waals surface area contributed by atoms with E-state index in [9.17, 15) is 31.5 Å². The molecule has 3 N–H and O–H groups in total. The van der Waals surface area contributed by atoms with E-state index < -0.39 is 39.8 Å². The number of furan rings is 1. The zero-order valence-corrected chi connectivity index (χ0v) is 19.3. The van der Waals surface area contributed by atoms with Gasteiger partial charge in [0.05, 0.1) is 4.90 Å². The first-order valence-electron chi connectivity index (χ1n) is 9.86. The van der Waals surface area contributed by atoms with Crippen molar-refractivity contribution in [2.24, 2.45) is 5.92 Å². The van der Waals surface area contributed by atoms with E-state index in [0.29, 0.717) is 27.6 Å². The minimum absolute atomic E-state index is 0.0559. The van der Waals surface area contributed by atoms with Crippen molar-refractivity contribution in [3.63, 3.8) is 0 Å². The summed E-state index contributed by atoms with van der Waals surface area (Å²) in [5.74, 6) is -1.75. The van der Waals surface area contributed by atoms with Crippen molar-refractivity contribution >= 4 is 60.1 Å². The molecule has 0 saturated heterocycles. The standard InChI is InChI=1S/C21H18F3N3O5S2/c1-10(2)18(19(28)29)27-34(30,31)12-4-6-15-14(8-12)13-5-3-11(7-16(13)32-15)25-20-26-17(9-33-20)21(22,23)24/h3-10,18,27H,1-2H3,(H,25,26)(H,28,29). The van der Waals surface area contributed by atoms with E-state index >= 15 is 0 Å². The van der Waals surface area contributed by atoms with Gasteiger partial charge in [-0.25, -0.2) is 13.4 Å². The molecule has 0 aliphatic heterocycles. The molecule has 4 aromatic rings. The van der Waals surface area contributed by atoms with Crippen molar-refractivity contribution < 1.29 is 35.9 Å². The van der Waals surface area contributed by atoms with E-state index in [4.69, 9.17) is 4.42 Å². The highest BCUT2D eigenvalue weighted by Gasteiger charge is 2.34. The van der Waals surface area contributed by atoms with Crippen LogP contribution in [0.3, 0.4) is 0 Å². The summed E-state index contributed by atoms with van der Waals surface area (Å²) in [5, 5.41) is 14.1. The van der Waals surface area contributed by atoms with Gasteiger partial charge in [-0.2, -0.15) is 17.9 Å². The highest BCUT2D eigenvalue weighted by molar-refractivity contribution is 7.89. The lowest BCUT2D eigenvalue weighted by Crippen LogP contribution is -2.44. The third kappa shape index (κ3) is 4.72. The summed E-state index contributed by atoms with van der Waals surface area (Å²) in [7, 11) is -4.13. The minimum atomic E-state index is -4.54. The molecule has 0 fully saturated rings. The Balaban J connectivity index is 1.65. The van der Waals surface area contributed by atoms with Crippen molar-refractivity contribution in [2.75, 3.05) is 5.32 Å². The van der Waals surface area contributed by atoms with Gasteiger partial charge in [0.25, 0.3) is 0 Å². The first-order valence-corrected chi connectivity index (χ1v) is 12.2. The number of nitrogens with zero attached hydrogens (tertiary/aromatic N) is 1. The Hall–Kier alpha value is -3.16. The van der Waals surface area contributed by atoms with Gasteiger partial charge < -0.3 is 14.8 Å². The van der Waals surface area contributed by atoms with Crippen molar-refractivity contribution in [3.05, 3.63) is 47.5 Å². The van der Waals surface area contributed by atoms with Crippen LogP contribution in [-0.4, -0.2) is 30.5 Å². The molecule has 2 aromatic carbocycles. The van der Waals surface area contributed by atoms with Crippen LogP contribution in [0.2, 0.25) is 0 Å². The zero-order chi connectivity index (χ0) is 24.8. The van der Waals surface area contributed by atoms with Crippen LogP contribution in [0.1, 0.15) is 19.5 Å². The molecule has 8 nitrogen and oxygen atoms in total. The predicted octanol–water partition coefficient (Wildman–Crippen LogP) is 5.19. The average Bonchev–Trinajstić information content (AvgIpc) is 3.35. The molecule has 180 valence electrons. The van der Waals surface area contributed by atoms with E-state index in [0.717, 1.165) is 16.7 Å². The smallest absolute Gasteiger partial charge is 0.434 e. The van der Waals surface area contributed by atoms with Gasteiger partial charge >= 0.3 is 12.1 Å². The van der Waals surface area contributed by atoms with Gasteiger partial charge in [0.2, 0.25) is 10.0 Å². The number of halogens is 3. The Morgan fingerprint density at radius 2 is 1.85 bits per heavy atom. The second kappa shape index (κ2) is 8.56. The van der Waals surface area contributed by atoms with Gasteiger partial charge in [0.1, 0.15) is 17.2 Å². The number of sulfonamides is 1. The molecule has 0 saturated carbocycles. The Kier molecular flexibility index (Phi) is 6.04. The molecule has 34 heavy (non-hydrogen) atoms. The number of hydrogen-bond donors (Lipinski definition) is 3. The summed E-state index contributed by atoms with van der Waals surface area (Å²) in [6, 6.07) is 7.66. The first kappa shape index (κ1) is 24.0. The van der Waals surface area contributed by atoms with E-state index in [1.807, 2.05) is 0 Å². The molecule has 13 heteroatoms. The van der Waals surface area contributed by atoms with Crippen molar-refractivity contribution in [1.29, 1.82) is 0 Å². The lowest BCUT2D eigenvalue weighted by molar-refractivity contribution is -0.141. The zero-order valence-electron chi connectivity index (χ0n) is 17.7. The maximum atomic E-state index is 12.8. The Morgan fingerprint density at radius 1 is 1.12 bits per heavy atom.